The van der Waals surface area contributed by atoms with Crippen LogP contribution in [0.25, 0.3) is 10.9 Å². The van der Waals surface area contributed by atoms with Gasteiger partial charge in [0.1, 0.15) is 0 Å². The van der Waals surface area contributed by atoms with Crippen LogP contribution in [0.4, 0.5) is 5.69 Å². The summed E-state index contributed by atoms with van der Waals surface area (Å²) in [4.78, 5) is 12.3. The standard InChI is InChI=1S/C18H16N2O/c1-20-11-12(13-6-3-5-9-17(13)20)10-15-14-7-2-4-8-16(14)19-18(15)21/h2-9,11,15H,10H2,1H3,(H,19,21)/t15-/m0/s1. The zero-order chi connectivity index (χ0) is 14.4. The number of fused-ring (bicyclic) bond motifs is 2. The summed E-state index contributed by atoms with van der Waals surface area (Å²) in [6.07, 6.45) is 2.88. The number of aromatic nitrogens is 1. The maximum absolute atomic E-state index is 12.3. The molecule has 0 aliphatic carbocycles. The van der Waals surface area contributed by atoms with Crippen molar-refractivity contribution in [2.24, 2.45) is 7.05 Å². The Hall–Kier alpha value is -2.55. The van der Waals surface area contributed by atoms with Gasteiger partial charge in [0.2, 0.25) is 5.91 Å². The first-order chi connectivity index (χ1) is 10.2. The lowest BCUT2D eigenvalue weighted by Gasteiger charge is -2.07. The third-order valence-corrected chi connectivity index (χ3v) is 4.31. The van der Waals surface area contributed by atoms with E-state index in [9.17, 15) is 4.79 Å². The van der Waals surface area contributed by atoms with Crippen LogP contribution in [-0.2, 0) is 18.3 Å². The van der Waals surface area contributed by atoms with E-state index >= 15 is 0 Å². The van der Waals surface area contributed by atoms with Crippen molar-refractivity contribution in [3.63, 3.8) is 0 Å². The van der Waals surface area contributed by atoms with Crippen molar-refractivity contribution in [1.29, 1.82) is 0 Å². The molecule has 3 heteroatoms. The number of aryl methyl sites for hydroxylation is 1. The topological polar surface area (TPSA) is 34.0 Å². The number of nitrogens with zero attached hydrogens (tertiary/aromatic N) is 1. The molecule has 0 bridgehead atoms. The van der Waals surface area contributed by atoms with Gasteiger partial charge in [-0.3, -0.25) is 4.79 Å². The molecule has 1 aromatic heterocycles. The second-order valence-corrected chi connectivity index (χ2v) is 5.62. The molecule has 1 aliphatic rings. The van der Waals surface area contributed by atoms with Gasteiger partial charge in [0.05, 0.1) is 5.92 Å². The van der Waals surface area contributed by atoms with Gasteiger partial charge in [-0.25, -0.2) is 0 Å². The molecule has 2 heterocycles. The summed E-state index contributed by atoms with van der Waals surface area (Å²) in [7, 11) is 2.05. The van der Waals surface area contributed by atoms with Crippen molar-refractivity contribution in [1.82, 2.24) is 4.57 Å². The predicted octanol–water partition coefficient (Wildman–Crippen LogP) is 3.46. The van der Waals surface area contributed by atoms with Gasteiger partial charge in [0.15, 0.2) is 0 Å². The highest BCUT2D eigenvalue weighted by atomic mass is 16.2. The molecule has 1 amide bonds. The van der Waals surface area contributed by atoms with Crippen molar-refractivity contribution < 1.29 is 4.79 Å². The first kappa shape index (κ1) is 12.2. The minimum Gasteiger partial charge on any atom is -0.350 e. The van der Waals surface area contributed by atoms with E-state index < -0.39 is 0 Å². The van der Waals surface area contributed by atoms with E-state index in [4.69, 9.17) is 0 Å². The van der Waals surface area contributed by atoms with E-state index in [1.807, 2.05) is 30.3 Å². The SMILES string of the molecule is Cn1cc(C[C@@H]2C(=O)Nc3ccccc32)c2ccccc21. The number of benzene rings is 2. The Kier molecular flexibility index (Phi) is 2.61. The molecular formula is C18H16N2O. The van der Waals surface area contributed by atoms with Crippen LogP contribution in [0.3, 0.4) is 0 Å². The largest absolute Gasteiger partial charge is 0.350 e. The Labute approximate surface area is 123 Å². The molecule has 104 valence electrons. The Morgan fingerprint density at radius 1 is 1.10 bits per heavy atom. The number of carbonyl (C=O) groups excluding carboxylic acids is 1. The van der Waals surface area contributed by atoms with Crippen molar-refractivity contribution >= 4 is 22.5 Å². The first-order valence-corrected chi connectivity index (χ1v) is 7.17. The Morgan fingerprint density at radius 3 is 2.76 bits per heavy atom. The number of carbonyl (C=O) groups is 1. The first-order valence-electron chi connectivity index (χ1n) is 7.17. The maximum Gasteiger partial charge on any atom is 0.232 e. The normalized spacial score (nSPS) is 17.0. The van der Waals surface area contributed by atoms with Crippen LogP contribution in [-0.4, -0.2) is 10.5 Å². The monoisotopic (exact) mass is 276 g/mol. The molecule has 3 nitrogen and oxygen atoms in total. The van der Waals surface area contributed by atoms with Crippen LogP contribution in [0.15, 0.2) is 54.7 Å². The van der Waals surface area contributed by atoms with E-state index in [0.717, 1.165) is 17.7 Å². The van der Waals surface area contributed by atoms with Crippen LogP contribution >= 0.6 is 0 Å². The molecule has 1 atom stereocenters. The van der Waals surface area contributed by atoms with E-state index in [0.29, 0.717) is 0 Å². The van der Waals surface area contributed by atoms with Gasteiger partial charge in [0, 0.05) is 29.8 Å². The van der Waals surface area contributed by atoms with Crippen molar-refractivity contribution in [3.05, 3.63) is 65.9 Å². The minimum atomic E-state index is -0.0907. The minimum absolute atomic E-state index is 0.0907. The van der Waals surface area contributed by atoms with Crippen LogP contribution in [0.1, 0.15) is 17.0 Å². The average molecular weight is 276 g/mol. The predicted molar refractivity (Wildman–Crippen MR) is 84.4 cm³/mol. The third kappa shape index (κ3) is 1.85. The molecule has 0 unspecified atom stereocenters. The van der Waals surface area contributed by atoms with E-state index in [1.54, 1.807) is 0 Å². The molecule has 21 heavy (non-hydrogen) atoms. The summed E-state index contributed by atoms with van der Waals surface area (Å²) >= 11 is 0. The fourth-order valence-electron chi connectivity index (χ4n) is 3.29. The van der Waals surface area contributed by atoms with Crippen molar-refractivity contribution in [3.8, 4) is 0 Å². The summed E-state index contributed by atoms with van der Waals surface area (Å²) in [5, 5.41) is 4.21. The molecule has 0 radical (unpaired) electrons. The Bertz CT molecular complexity index is 847. The van der Waals surface area contributed by atoms with Gasteiger partial charge >= 0.3 is 0 Å². The Morgan fingerprint density at radius 2 is 1.86 bits per heavy atom. The molecule has 0 spiro atoms. The van der Waals surface area contributed by atoms with Crippen LogP contribution in [0, 0.1) is 0 Å². The second-order valence-electron chi connectivity index (χ2n) is 5.62. The van der Waals surface area contributed by atoms with Gasteiger partial charge in [-0.2, -0.15) is 0 Å². The van der Waals surface area contributed by atoms with E-state index in [1.165, 1.54) is 16.5 Å². The Balaban J connectivity index is 1.77. The van der Waals surface area contributed by atoms with Crippen LogP contribution < -0.4 is 5.32 Å². The molecule has 2 aromatic carbocycles. The molecule has 0 saturated heterocycles. The van der Waals surface area contributed by atoms with Gasteiger partial charge in [-0.15, -0.1) is 0 Å². The van der Waals surface area contributed by atoms with Gasteiger partial charge in [-0.1, -0.05) is 36.4 Å². The number of amides is 1. The summed E-state index contributed by atoms with van der Waals surface area (Å²) < 4.78 is 2.13. The third-order valence-electron chi connectivity index (χ3n) is 4.31. The van der Waals surface area contributed by atoms with E-state index in [-0.39, 0.29) is 11.8 Å². The summed E-state index contributed by atoms with van der Waals surface area (Å²) in [5.74, 6) is 0.0103. The fraction of sp³-hybridized carbons (Fsp3) is 0.167. The lowest BCUT2D eigenvalue weighted by Crippen LogP contribution is -2.14. The van der Waals surface area contributed by atoms with Gasteiger partial charge < -0.3 is 9.88 Å². The lowest BCUT2D eigenvalue weighted by molar-refractivity contribution is -0.117. The molecule has 1 N–H and O–H groups in total. The summed E-state index contributed by atoms with van der Waals surface area (Å²) in [6.45, 7) is 0. The number of anilines is 1. The van der Waals surface area contributed by atoms with Gasteiger partial charge in [-0.05, 0) is 29.7 Å². The van der Waals surface area contributed by atoms with Crippen LogP contribution in [0.5, 0.6) is 0 Å². The number of para-hydroxylation sites is 2. The summed E-state index contributed by atoms with van der Waals surface area (Å²) in [6, 6.07) is 16.3. The molecule has 0 saturated carbocycles. The second kappa shape index (κ2) is 4.48. The highest BCUT2D eigenvalue weighted by molar-refractivity contribution is 6.03. The number of nitrogens with one attached hydrogen (secondary N) is 1. The number of rotatable bonds is 2. The fourth-order valence-corrected chi connectivity index (χ4v) is 3.29. The molecular weight excluding hydrogens is 260 g/mol. The smallest absolute Gasteiger partial charge is 0.232 e. The molecule has 1 aliphatic heterocycles. The number of hydrogen-bond donors (Lipinski definition) is 1. The van der Waals surface area contributed by atoms with Crippen molar-refractivity contribution in [2.75, 3.05) is 5.32 Å². The summed E-state index contributed by atoms with van der Waals surface area (Å²) in [5.41, 5.74) is 4.49. The molecule has 0 fully saturated rings. The highest BCUT2D eigenvalue weighted by Gasteiger charge is 2.30. The van der Waals surface area contributed by atoms with E-state index in [2.05, 4.69) is 41.3 Å². The number of hydrogen-bond acceptors (Lipinski definition) is 1. The quantitative estimate of drug-likeness (QED) is 0.764. The average Bonchev–Trinajstić information content (AvgIpc) is 2.99. The van der Waals surface area contributed by atoms with Crippen LogP contribution in [0.2, 0.25) is 0 Å². The molecule has 3 aromatic rings. The highest BCUT2D eigenvalue weighted by Crippen LogP contribution is 2.36. The lowest BCUT2D eigenvalue weighted by atomic mass is 9.93. The molecule has 4 rings (SSSR count). The zero-order valence-electron chi connectivity index (χ0n) is 11.8. The maximum atomic E-state index is 12.3. The van der Waals surface area contributed by atoms with Gasteiger partial charge in [0.25, 0.3) is 0 Å². The van der Waals surface area contributed by atoms with Crippen molar-refractivity contribution in [2.45, 2.75) is 12.3 Å². The zero-order valence-corrected chi connectivity index (χ0v) is 11.8.